The average Bonchev–Trinajstić information content (AvgIpc) is 2.72. The molecule has 4 aromatic rings. The van der Waals surface area contributed by atoms with Gasteiger partial charge in [-0.05, 0) is 48.7 Å². The number of nitrogens with zero attached hydrogens (tertiary/aromatic N) is 3. The Labute approximate surface area is 170 Å². The summed E-state index contributed by atoms with van der Waals surface area (Å²) in [7, 11) is 0. The van der Waals surface area contributed by atoms with Gasteiger partial charge in [-0.2, -0.15) is 15.0 Å². The number of hydrogen-bond donors (Lipinski definition) is 2. The molecule has 0 aliphatic carbocycles. The van der Waals surface area contributed by atoms with Crippen LogP contribution in [0.3, 0.4) is 0 Å². The highest BCUT2D eigenvalue weighted by Crippen LogP contribution is 2.21. The van der Waals surface area contributed by atoms with Gasteiger partial charge in [0, 0.05) is 17.8 Å². The highest BCUT2D eigenvalue weighted by atomic mass is 15.2. The molecule has 0 fully saturated rings. The lowest BCUT2D eigenvalue weighted by molar-refractivity contribution is 0.927. The van der Waals surface area contributed by atoms with Crippen molar-refractivity contribution in [1.82, 2.24) is 15.0 Å². The zero-order valence-electron chi connectivity index (χ0n) is 16.6. The molecule has 0 spiro atoms. The van der Waals surface area contributed by atoms with Gasteiger partial charge in [-0.15, -0.1) is 0 Å². The van der Waals surface area contributed by atoms with Crippen molar-refractivity contribution in [3.8, 4) is 0 Å². The van der Waals surface area contributed by atoms with Crippen molar-refractivity contribution in [2.24, 2.45) is 0 Å². The molecule has 0 aliphatic heterocycles. The van der Waals surface area contributed by atoms with Crippen LogP contribution >= 0.6 is 0 Å². The summed E-state index contributed by atoms with van der Waals surface area (Å²) >= 11 is 0. The SMILES string of the molecule is Cc1ccccc1Cc1nc(Nc2ccccc2)nc(Nc2ccccc2C)n1. The van der Waals surface area contributed by atoms with Crippen molar-refractivity contribution < 1.29 is 0 Å². The van der Waals surface area contributed by atoms with Crippen molar-refractivity contribution in [2.45, 2.75) is 20.3 Å². The van der Waals surface area contributed by atoms with Crippen LogP contribution in [0.15, 0.2) is 78.9 Å². The first-order valence-electron chi connectivity index (χ1n) is 9.61. The Morgan fingerprint density at radius 3 is 1.97 bits per heavy atom. The predicted octanol–water partition coefficient (Wildman–Crippen LogP) is 5.57. The zero-order chi connectivity index (χ0) is 20.1. The van der Waals surface area contributed by atoms with Crippen LogP contribution in [0.25, 0.3) is 0 Å². The van der Waals surface area contributed by atoms with Crippen LogP contribution in [0.2, 0.25) is 0 Å². The molecule has 0 atom stereocenters. The number of aryl methyl sites for hydroxylation is 2. The molecule has 5 heteroatoms. The molecule has 3 aromatic carbocycles. The van der Waals surface area contributed by atoms with Gasteiger partial charge in [0.05, 0.1) is 0 Å². The van der Waals surface area contributed by atoms with Crippen LogP contribution in [-0.4, -0.2) is 15.0 Å². The first-order valence-corrected chi connectivity index (χ1v) is 9.61. The monoisotopic (exact) mass is 381 g/mol. The molecule has 0 unspecified atom stereocenters. The van der Waals surface area contributed by atoms with Gasteiger partial charge in [-0.3, -0.25) is 0 Å². The number of benzene rings is 3. The molecule has 0 amide bonds. The molecule has 0 bridgehead atoms. The zero-order valence-corrected chi connectivity index (χ0v) is 16.6. The number of rotatable bonds is 6. The van der Waals surface area contributed by atoms with Crippen LogP contribution in [0, 0.1) is 13.8 Å². The van der Waals surface area contributed by atoms with Gasteiger partial charge in [-0.25, -0.2) is 0 Å². The van der Waals surface area contributed by atoms with Crippen LogP contribution in [0.5, 0.6) is 0 Å². The molecule has 0 aliphatic rings. The Morgan fingerprint density at radius 1 is 0.621 bits per heavy atom. The number of aromatic nitrogens is 3. The van der Waals surface area contributed by atoms with Gasteiger partial charge < -0.3 is 10.6 Å². The van der Waals surface area contributed by atoms with E-state index in [4.69, 9.17) is 0 Å². The highest BCUT2D eigenvalue weighted by Gasteiger charge is 2.10. The Bertz CT molecular complexity index is 1040. The molecule has 29 heavy (non-hydrogen) atoms. The highest BCUT2D eigenvalue weighted by molar-refractivity contribution is 5.60. The second-order valence-electron chi connectivity index (χ2n) is 6.93. The minimum absolute atomic E-state index is 0.519. The summed E-state index contributed by atoms with van der Waals surface area (Å²) in [5.74, 6) is 1.76. The van der Waals surface area contributed by atoms with E-state index < -0.39 is 0 Å². The van der Waals surface area contributed by atoms with Crippen LogP contribution in [-0.2, 0) is 6.42 Å². The van der Waals surface area contributed by atoms with Gasteiger partial charge in [-0.1, -0.05) is 60.7 Å². The smallest absolute Gasteiger partial charge is 0.232 e. The molecule has 0 saturated carbocycles. The van der Waals surface area contributed by atoms with E-state index in [-0.39, 0.29) is 0 Å². The van der Waals surface area contributed by atoms with Crippen molar-refractivity contribution in [2.75, 3.05) is 10.6 Å². The summed E-state index contributed by atoms with van der Waals surface area (Å²) in [6.07, 6.45) is 0.640. The lowest BCUT2D eigenvalue weighted by atomic mass is 10.1. The van der Waals surface area contributed by atoms with E-state index in [9.17, 15) is 0 Å². The summed E-state index contributed by atoms with van der Waals surface area (Å²) in [5.41, 5.74) is 5.46. The van der Waals surface area contributed by atoms with Crippen molar-refractivity contribution in [1.29, 1.82) is 0 Å². The minimum Gasteiger partial charge on any atom is -0.324 e. The van der Waals surface area contributed by atoms with Crippen molar-refractivity contribution in [3.05, 3.63) is 101 Å². The van der Waals surface area contributed by atoms with Gasteiger partial charge in [0.1, 0.15) is 5.82 Å². The van der Waals surface area contributed by atoms with Crippen LogP contribution in [0.4, 0.5) is 23.3 Å². The van der Waals surface area contributed by atoms with E-state index in [0.29, 0.717) is 24.1 Å². The van der Waals surface area contributed by atoms with Crippen LogP contribution in [0.1, 0.15) is 22.5 Å². The summed E-state index contributed by atoms with van der Waals surface area (Å²) < 4.78 is 0. The fraction of sp³-hybridized carbons (Fsp3) is 0.125. The van der Waals surface area contributed by atoms with E-state index in [2.05, 4.69) is 57.6 Å². The lowest BCUT2D eigenvalue weighted by Gasteiger charge is -2.12. The Morgan fingerprint density at radius 2 is 1.24 bits per heavy atom. The summed E-state index contributed by atoms with van der Waals surface area (Å²) in [6, 6.07) is 26.3. The summed E-state index contributed by atoms with van der Waals surface area (Å²) in [4.78, 5) is 13.9. The third-order valence-corrected chi connectivity index (χ3v) is 4.71. The Balaban J connectivity index is 1.68. The maximum absolute atomic E-state index is 4.67. The fourth-order valence-corrected chi connectivity index (χ4v) is 3.07. The molecule has 0 saturated heterocycles. The predicted molar refractivity (Wildman–Crippen MR) is 118 cm³/mol. The maximum Gasteiger partial charge on any atom is 0.232 e. The van der Waals surface area contributed by atoms with E-state index in [1.54, 1.807) is 0 Å². The van der Waals surface area contributed by atoms with Gasteiger partial charge in [0.2, 0.25) is 11.9 Å². The molecule has 1 heterocycles. The third kappa shape index (κ3) is 4.76. The van der Waals surface area contributed by atoms with E-state index in [0.717, 1.165) is 16.9 Å². The maximum atomic E-state index is 4.67. The quantitative estimate of drug-likeness (QED) is 0.457. The lowest BCUT2D eigenvalue weighted by Crippen LogP contribution is -2.08. The van der Waals surface area contributed by atoms with Crippen molar-refractivity contribution >= 4 is 23.3 Å². The number of para-hydroxylation sites is 2. The van der Waals surface area contributed by atoms with Crippen molar-refractivity contribution in [3.63, 3.8) is 0 Å². The minimum atomic E-state index is 0.519. The molecule has 1 aromatic heterocycles. The second kappa shape index (κ2) is 8.52. The number of nitrogens with one attached hydrogen (secondary N) is 2. The molecular weight excluding hydrogens is 358 g/mol. The van der Waals surface area contributed by atoms with E-state index in [1.807, 2.05) is 60.7 Å². The molecule has 0 radical (unpaired) electrons. The third-order valence-electron chi connectivity index (χ3n) is 4.71. The Kier molecular flexibility index (Phi) is 5.47. The standard InChI is InChI=1S/C24H23N5/c1-17-10-6-8-12-19(17)16-22-27-23(25-20-13-4-3-5-14-20)29-24(28-22)26-21-15-9-7-11-18(21)2/h3-15H,16H2,1-2H3,(H2,25,26,27,28,29). The van der Waals surface area contributed by atoms with Crippen LogP contribution < -0.4 is 10.6 Å². The normalized spacial score (nSPS) is 10.6. The summed E-state index contributed by atoms with van der Waals surface area (Å²) in [6.45, 7) is 4.16. The molecule has 144 valence electrons. The molecule has 2 N–H and O–H groups in total. The fourth-order valence-electron chi connectivity index (χ4n) is 3.07. The number of hydrogen-bond acceptors (Lipinski definition) is 5. The van der Waals surface area contributed by atoms with E-state index in [1.165, 1.54) is 11.1 Å². The second-order valence-corrected chi connectivity index (χ2v) is 6.93. The Hall–Kier alpha value is -3.73. The molecule has 4 rings (SSSR count). The number of anilines is 4. The first-order chi connectivity index (χ1) is 14.2. The average molecular weight is 381 g/mol. The van der Waals surface area contributed by atoms with E-state index >= 15 is 0 Å². The molecule has 5 nitrogen and oxygen atoms in total. The molecular formula is C24H23N5. The summed E-state index contributed by atoms with van der Waals surface area (Å²) in [5, 5.41) is 6.62. The van der Waals surface area contributed by atoms with Gasteiger partial charge in [0.25, 0.3) is 0 Å². The van der Waals surface area contributed by atoms with Gasteiger partial charge in [0.15, 0.2) is 0 Å². The van der Waals surface area contributed by atoms with Gasteiger partial charge >= 0.3 is 0 Å². The topological polar surface area (TPSA) is 62.7 Å². The largest absolute Gasteiger partial charge is 0.324 e. The first kappa shape index (κ1) is 18.6.